The summed E-state index contributed by atoms with van der Waals surface area (Å²) in [6.07, 6.45) is 7.21. The molecule has 0 radical (unpaired) electrons. The molecule has 9 aromatic carbocycles. The van der Waals surface area contributed by atoms with Crippen LogP contribution in [0.1, 0.15) is 43.6 Å². The largest absolute Gasteiger partial charge is 0.135 e. The first-order valence-corrected chi connectivity index (χ1v) is 22.0. The minimum atomic E-state index is 0.659. The van der Waals surface area contributed by atoms with Gasteiger partial charge in [-0.1, -0.05) is 152 Å². The highest BCUT2D eigenvalue weighted by molar-refractivity contribution is 7.26. The van der Waals surface area contributed by atoms with Gasteiger partial charge < -0.3 is 0 Å². The molecule has 0 nitrogen and oxygen atoms in total. The zero-order valence-electron chi connectivity index (χ0n) is 31.9. The van der Waals surface area contributed by atoms with E-state index in [1.807, 2.05) is 11.3 Å². The molecule has 10 aromatic rings. The average molecular weight is 747 g/mol. The molecule has 0 spiro atoms. The molecule has 1 heteroatoms. The second kappa shape index (κ2) is 12.4. The van der Waals surface area contributed by atoms with Crippen molar-refractivity contribution in [2.45, 2.75) is 38.0 Å². The van der Waals surface area contributed by atoms with Crippen LogP contribution in [0.2, 0.25) is 0 Å². The van der Waals surface area contributed by atoms with Crippen LogP contribution < -0.4 is 0 Å². The zero-order valence-corrected chi connectivity index (χ0v) is 32.7. The molecule has 0 aliphatic heterocycles. The number of hydrogen-bond acceptors (Lipinski definition) is 1. The van der Waals surface area contributed by atoms with E-state index in [-0.39, 0.29) is 0 Å². The minimum absolute atomic E-state index is 0.659. The van der Waals surface area contributed by atoms with Gasteiger partial charge in [0.25, 0.3) is 0 Å². The second-order valence-electron chi connectivity index (χ2n) is 17.5. The highest BCUT2D eigenvalue weighted by atomic mass is 32.1. The Balaban J connectivity index is 1.13. The molecule has 0 N–H and O–H groups in total. The maximum Gasteiger partial charge on any atom is 0.0361 e. The first-order chi connectivity index (χ1) is 28.3. The van der Waals surface area contributed by atoms with Gasteiger partial charge in [-0.3, -0.25) is 0 Å². The van der Waals surface area contributed by atoms with E-state index in [0.29, 0.717) is 5.92 Å². The van der Waals surface area contributed by atoms with E-state index in [2.05, 4.69) is 164 Å². The first kappa shape index (κ1) is 32.3. The molecule has 1 aromatic heterocycles. The fraction of sp³-hybridized carbons (Fsp3) is 0.179. The van der Waals surface area contributed by atoms with Crippen molar-refractivity contribution in [3.8, 4) is 33.4 Å². The molecule has 4 aliphatic carbocycles. The Kier molecular flexibility index (Phi) is 7.02. The van der Waals surface area contributed by atoms with Crippen LogP contribution in [0.3, 0.4) is 0 Å². The minimum Gasteiger partial charge on any atom is -0.135 e. The quantitative estimate of drug-likeness (QED) is 0.157. The van der Waals surface area contributed by atoms with E-state index in [9.17, 15) is 0 Å². The van der Waals surface area contributed by atoms with Crippen LogP contribution in [0.25, 0.3) is 96.6 Å². The predicted molar refractivity (Wildman–Crippen MR) is 245 cm³/mol. The number of rotatable bonds is 4. The fourth-order valence-corrected chi connectivity index (χ4v) is 14.0. The molecule has 272 valence electrons. The van der Waals surface area contributed by atoms with E-state index in [0.717, 1.165) is 23.7 Å². The lowest BCUT2D eigenvalue weighted by atomic mass is 9.50. The van der Waals surface area contributed by atoms with Gasteiger partial charge in [0.05, 0.1) is 0 Å². The Morgan fingerprint density at radius 2 is 0.719 bits per heavy atom. The summed E-state index contributed by atoms with van der Waals surface area (Å²) in [5.74, 6) is 4.23. The van der Waals surface area contributed by atoms with Crippen LogP contribution in [0, 0.1) is 23.7 Å². The Labute approximate surface area is 337 Å². The van der Waals surface area contributed by atoms with Gasteiger partial charge in [-0.2, -0.15) is 0 Å². The number of thiophene rings is 1. The molecule has 0 saturated heterocycles. The molecule has 57 heavy (non-hydrogen) atoms. The normalized spacial score (nSPS) is 21.5. The zero-order chi connectivity index (χ0) is 37.2. The van der Waals surface area contributed by atoms with Crippen molar-refractivity contribution < 1.29 is 0 Å². The van der Waals surface area contributed by atoms with Crippen molar-refractivity contribution in [3.05, 3.63) is 169 Å². The number of hydrogen-bond donors (Lipinski definition) is 0. The third-order valence-electron chi connectivity index (χ3n) is 14.6. The van der Waals surface area contributed by atoms with E-state index < -0.39 is 0 Å². The molecule has 4 saturated carbocycles. The Bertz CT molecular complexity index is 3110. The third-order valence-corrected chi connectivity index (χ3v) is 15.7. The molecule has 0 amide bonds. The summed E-state index contributed by atoms with van der Waals surface area (Å²) in [4.78, 5) is 0. The topological polar surface area (TPSA) is 0 Å². The van der Waals surface area contributed by atoms with E-state index in [4.69, 9.17) is 0 Å². The lowest BCUT2D eigenvalue weighted by molar-refractivity contribution is -0.00185. The van der Waals surface area contributed by atoms with Crippen LogP contribution in [0.15, 0.2) is 164 Å². The van der Waals surface area contributed by atoms with Crippen molar-refractivity contribution in [2.24, 2.45) is 23.7 Å². The standard InChI is InChI=1S/C56H42S/c1-2-14-35(15-3-1)51-38-16-4-6-18-40(38)52(41-19-7-5-17-39(41)51)46-24-12-26-48-55(46)56-47(25-13-27-49(56)57-48)53-42-20-8-10-22-44(42)54(45-23-11-9-21-43(45)53)50-36-29-33-28-34(31-36)32-37(50)30-33/h1-27,33-34,36-37,50H,28-32H2. The van der Waals surface area contributed by atoms with E-state index in [1.165, 1.54) is 129 Å². The van der Waals surface area contributed by atoms with Crippen molar-refractivity contribution >= 4 is 74.6 Å². The molecule has 4 aliphatic rings. The van der Waals surface area contributed by atoms with Gasteiger partial charge >= 0.3 is 0 Å². The van der Waals surface area contributed by atoms with Crippen LogP contribution in [-0.4, -0.2) is 0 Å². The maximum absolute atomic E-state index is 2.47. The maximum atomic E-state index is 2.47. The number of fused-ring (bicyclic) bond motifs is 7. The molecule has 4 bridgehead atoms. The molecule has 0 unspecified atom stereocenters. The summed E-state index contributed by atoms with van der Waals surface area (Å²) in [5.41, 5.74) is 9.61. The van der Waals surface area contributed by atoms with Crippen LogP contribution in [0.4, 0.5) is 0 Å². The van der Waals surface area contributed by atoms with Gasteiger partial charge in [-0.15, -0.1) is 11.3 Å². The highest BCUT2D eigenvalue weighted by Gasteiger charge is 2.49. The van der Waals surface area contributed by atoms with Crippen LogP contribution in [-0.2, 0) is 0 Å². The summed E-state index contributed by atoms with van der Waals surface area (Å²) in [5, 5.41) is 13.7. The Morgan fingerprint density at radius 1 is 0.333 bits per heavy atom. The lowest BCUT2D eigenvalue weighted by Crippen LogP contribution is -2.43. The summed E-state index contributed by atoms with van der Waals surface area (Å²) >= 11 is 1.94. The summed E-state index contributed by atoms with van der Waals surface area (Å²) < 4.78 is 2.69. The van der Waals surface area contributed by atoms with Gasteiger partial charge in [0.2, 0.25) is 0 Å². The second-order valence-corrected chi connectivity index (χ2v) is 18.6. The van der Waals surface area contributed by atoms with Crippen molar-refractivity contribution in [1.29, 1.82) is 0 Å². The van der Waals surface area contributed by atoms with E-state index >= 15 is 0 Å². The smallest absolute Gasteiger partial charge is 0.0361 e. The van der Waals surface area contributed by atoms with Gasteiger partial charge in [0.1, 0.15) is 0 Å². The molecule has 1 heterocycles. The average Bonchev–Trinajstić information content (AvgIpc) is 3.65. The number of benzene rings is 9. The van der Waals surface area contributed by atoms with Gasteiger partial charge in [-0.25, -0.2) is 0 Å². The monoisotopic (exact) mass is 746 g/mol. The Morgan fingerprint density at radius 3 is 1.18 bits per heavy atom. The van der Waals surface area contributed by atoms with Crippen LogP contribution >= 0.6 is 11.3 Å². The molecule has 14 rings (SSSR count). The molecule has 0 atom stereocenters. The van der Waals surface area contributed by atoms with Gasteiger partial charge in [-0.05, 0) is 156 Å². The fourth-order valence-electron chi connectivity index (χ4n) is 12.8. The summed E-state index contributed by atoms with van der Waals surface area (Å²) in [6.45, 7) is 0. The SMILES string of the molecule is c1ccc(-c2c3ccccc3c(-c3cccc4sc5cccc(-c6c7ccccc7c(C7C8CC9CC(C8)CC7C9)c7ccccc67)c5c34)c3ccccc23)cc1. The van der Waals surface area contributed by atoms with Crippen LogP contribution in [0.5, 0.6) is 0 Å². The summed E-state index contributed by atoms with van der Waals surface area (Å²) in [7, 11) is 0. The highest BCUT2D eigenvalue weighted by Crippen LogP contribution is 2.62. The van der Waals surface area contributed by atoms with Gasteiger partial charge in [0.15, 0.2) is 0 Å². The summed E-state index contributed by atoms with van der Waals surface area (Å²) in [6, 6.07) is 62.3. The molecular weight excluding hydrogens is 705 g/mol. The predicted octanol–water partition coefficient (Wildman–Crippen LogP) is 16.2. The molecule has 4 fully saturated rings. The first-order valence-electron chi connectivity index (χ1n) is 21.2. The van der Waals surface area contributed by atoms with Gasteiger partial charge in [0, 0.05) is 20.2 Å². The van der Waals surface area contributed by atoms with E-state index in [1.54, 1.807) is 5.56 Å². The lowest BCUT2D eigenvalue weighted by Gasteiger charge is -2.55. The van der Waals surface area contributed by atoms with Crippen molar-refractivity contribution in [2.75, 3.05) is 0 Å². The molecular formula is C56H42S. The third kappa shape index (κ3) is 4.67. The van der Waals surface area contributed by atoms with Crippen molar-refractivity contribution in [3.63, 3.8) is 0 Å². The van der Waals surface area contributed by atoms with Crippen molar-refractivity contribution in [1.82, 2.24) is 0 Å². The Hall–Kier alpha value is -5.76.